The number of nitrogens with zero attached hydrogens (tertiary/aromatic N) is 5. The zero-order valence-electron chi connectivity index (χ0n) is 14.3. The second-order valence-electron chi connectivity index (χ2n) is 6.12. The van der Waals surface area contributed by atoms with Crippen molar-refractivity contribution in [2.24, 2.45) is 0 Å². The minimum Gasteiger partial charge on any atom is -0.400 e. The summed E-state index contributed by atoms with van der Waals surface area (Å²) in [4.78, 5) is 25.5. The van der Waals surface area contributed by atoms with E-state index in [0.29, 0.717) is 16.7 Å². The molecule has 0 saturated heterocycles. The van der Waals surface area contributed by atoms with Crippen LogP contribution in [0.5, 0.6) is 0 Å². The lowest BCUT2D eigenvalue weighted by Crippen LogP contribution is -2.03. The fourth-order valence-electron chi connectivity index (χ4n) is 3.01. The van der Waals surface area contributed by atoms with Crippen LogP contribution in [0.4, 0.5) is 0 Å². The Morgan fingerprint density at radius 2 is 1.70 bits per heavy atom. The van der Waals surface area contributed by atoms with E-state index in [-0.39, 0.29) is 11.7 Å². The van der Waals surface area contributed by atoms with E-state index in [1.165, 1.54) is 0 Å². The highest BCUT2D eigenvalue weighted by atomic mass is 16.4. The molecule has 0 radical (unpaired) electrons. The van der Waals surface area contributed by atoms with Gasteiger partial charge in [0.25, 0.3) is 11.7 Å². The van der Waals surface area contributed by atoms with Crippen LogP contribution < -0.4 is 5.63 Å². The molecule has 0 aliphatic heterocycles. The van der Waals surface area contributed by atoms with Gasteiger partial charge in [0.05, 0.1) is 16.6 Å². The van der Waals surface area contributed by atoms with Crippen molar-refractivity contribution in [1.82, 2.24) is 24.6 Å². The summed E-state index contributed by atoms with van der Waals surface area (Å²) in [5.41, 5.74) is 2.71. The molecule has 0 aliphatic rings. The van der Waals surface area contributed by atoms with Crippen molar-refractivity contribution in [2.45, 2.75) is 6.92 Å². The van der Waals surface area contributed by atoms with Crippen molar-refractivity contribution < 1.29 is 4.42 Å². The maximum atomic E-state index is 12.2. The van der Waals surface area contributed by atoms with Crippen LogP contribution in [0.1, 0.15) is 5.69 Å². The predicted molar refractivity (Wildman–Crippen MR) is 100 cm³/mol. The summed E-state index contributed by atoms with van der Waals surface area (Å²) in [5.74, 6) is 0.704. The minimum absolute atomic E-state index is 0.0702. The molecule has 2 aromatic carbocycles. The van der Waals surface area contributed by atoms with Gasteiger partial charge in [0.15, 0.2) is 0 Å². The summed E-state index contributed by atoms with van der Waals surface area (Å²) in [6, 6.07) is 18.8. The molecule has 0 fully saturated rings. The van der Waals surface area contributed by atoms with Gasteiger partial charge in [0.2, 0.25) is 5.82 Å². The van der Waals surface area contributed by atoms with E-state index in [1.807, 2.05) is 49.4 Å². The first-order valence-electron chi connectivity index (χ1n) is 8.39. The normalized spacial score (nSPS) is 11.3. The summed E-state index contributed by atoms with van der Waals surface area (Å²) in [6.07, 6.45) is 0. The molecule has 7 heteroatoms. The molecule has 0 saturated carbocycles. The number of hydrogen-bond acceptors (Lipinski definition) is 6. The van der Waals surface area contributed by atoms with E-state index < -0.39 is 5.63 Å². The molecule has 0 atom stereocenters. The molecule has 0 aliphatic carbocycles. The molecule has 0 spiro atoms. The molecule has 5 aromatic rings. The van der Waals surface area contributed by atoms with E-state index in [2.05, 4.69) is 20.1 Å². The second-order valence-corrected chi connectivity index (χ2v) is 6.12. The Hall–Kier alpha value is -3.87. The third kappa shape index (κ3) is 2.56. The SMILES string of the molecule is Cc1cc(-c2ccccc2)n2nc(-c3nc4ccccc4c(=O)o3)nc2n1. The molecular formula is C20H13N5O2. The Labute approximate surface area is 153 Å². The number of aromatic nitrogens is 5. The summed E-state index contributed by atoms with van der Waals surface area (Å²) >= 11 is 0. The quantitative estimate of drug-likeness (QED) is 0.483. The van der Waals surface area contributed by atoms with Gasteiger partial charge in [-0.1, -0.05) is 42.5 Å². The Bertz CT molecular complexity index is 1360. The third-order valence-corrected chi connectivity index (χ3v) is 4.24. The van der Waals surface area contributed by atoms with Crippen molar-refractivity contribution in [3.63, 3.8) is 0 Å². The smallest absolute Gasteiger partial charge is 0.347 e. The lowest BCUT2D eigenvalue weighted by atomic mass is 10.1. The van der Waals surface area contributed by atoms with Gasteiger partial charge in [-0.25, -0.2) is 14.8 Å². The highest BCUT2D eigenvalue weighted by Gasteiger charge is 2.17. The van der Waals surface area contributed by atoms with Crippen LogP contribution >= 0.6 is 0 Å². The van der Waals surface area contributed by atoms with Gasteiger partial charge >= 0.3 is 5.63 Å². The standard InChI is InChI=1S/C20H13N5O2/c1-12-11-16(13-7-3-2-4-8-13)25-20(21-12)23-17(24-25)18-22-15-10-6-5-9-14(15)19(26)27-18/h2-11H,1H3. The highest BCUT2D eigenvalue weighted by molar-refractivity contribution is 5.78. The Morgan fingerprint density at radius 1 is 0.926 bits per heavy atom. The maximum absolute atomic E-state index is 12.2. The molecule has 0 amide bonds. The van der Waals surface area contributed by atoms with Crippen LogP contribution in [0.3, 0.4) is 0 Å². The molecule has 3 aromatic heterocycles. The average Bonchev–Trinajstić information content (AvgIpc) is 3.12. The van der Waals surface area contributed by atoms with Crippen LogP contribution in [0.25, 0.3) is 39.7 Å². The van der Waals surface area contributed by atoms with Crippen molar-refractivity contribution >= 4 is 16.7 Å². The topological polar surface area (TPSA) is 86.2 Å². The van der Waals surface area contributed by atoms with Gasteiger partial charge in [0.1, 0.15) is 0 Å². The van der Waals surface area contributed by atoms with Gasteiger partial charge in [-0.2, -0.15) is 9.50 Å². The van der Waals surface area contributed by atoms with Gasteiger partial charge in [-0.3, -0.25) is 0 Å². The number of aryl methyl sites for hydroxylation is 1. The summed E-state index contributed by atoms with van der Waals surface area (Å²) < 4.78 is 6.98. The number of hydrogen-bond donors (Lipinski definition) is 0. The average molecular weight is 355 g/mol. The van der Waals surface area contributed by atoms with Gasteiger partial charge < -0.3 is 4.42 Å². The van der Waals surface area contributed by atoms with Gasteiger partial charge in [-0.05, 0) is 25.1 Å². The zero-order valence-corrected chi connectivity index (χ0v) is 14.3. The number of rotatable bonds is 2. The molecule has 27 heavy (non-hydrogen) atoms. The predicted octanol–water partition coefficient (Wildman–Crippen LogP) is 3.27. The number of para-hydroxylation sites is 1. The monoisotopic (exact) mass is 355 g/mol. The first-order chi connectivity index (χ1) is 13.2. The van der Waals surface area contributed by atoms with Crippen LogP contribution in [-0.2, 0) is 0 Å². The van der Waals surface area contributed by atoms with E-state index in [1.54, 1.807) is 22.7 Å². The lowest BCUT2D eigenvalue weighted by Gasteiger charge is -2.04. The van der Waals surface area contributed by atoms with E-state index in [9.17, 15) is 4.79 Å². The highest BCUT2D eigenvalue weighted by Crippen LogP contribution is 2.22. The molecule has 0 N–H and O–H groups in total. The van der Waals surface area contributed by atoms with Crippen LogP contribution in [0, 0.1) is 6.92 Å². The first-order valence-corrected chi connectivity index (χ1v) is 8.39. The fraction of sp³-hybridized carbons (Fsp3) is 0.0500. The summed E-state index contributed by atoms with van der Waals surface area (Å²) in [5, 5.41) is 4.92. The van der Waals surface area contributed by atoms with E-state index >= 15 is 0 Å². The van der Waals surface area contributed by atoms with Crippen molar-refractivity contribution in [2.75, 3.05) is 0 Å². The van der Waals surface area contributed by atoms with Gasteiger partial charge in [0, 0.05) is 11.3 Å². The Kier molecular flexibility index (Phi) is 3.33. The molecule has 3 heterocycles. The molecule has 130 valence electrons. The second kappa shape index (κ2) is 5.84. The van der Waals surface area contributed by atoms with Crippen LogP contribution in [-0.4, -0.2) is 24.6 Å². The van der Waals surface area contributed by atoms with E-state index in [4.69, 9.17) is 4.42 Å². The Balaban J connectivity index is 1.75. The van der Waals surface area contributed by atoms with Crippen LogP contribution in [0.15, 0.2) is 69.9 Å². The molecular weight excluding hydrogens is 342 g/mol. The lowest BCUT2D eigenvalue weighted by molar-refractivity contribution is 0.513. The van der Waals surface area contributed by atoms with Crippen molar-refractivity contribution in [1.29, 1.82) is 0 Å². The summed E-state index contributed by atoms with van der Waals surface area (Å²) in [7, 11) is 0. The fourth-order valence-corrected chi connectivity index (χ4v) is 3.01. The molecule has 5 rings (SSSR count). The molecule has 0 bridgehead atoms. The first kappa shape index (κ1) is 15.4. The molecule has 0 unspecified atom stereocenters. The molecule has 7 nitrogen and oxygen atoms in total. The van der Waals surface area contributed by atoms with Crippen molar-refractivity contribution in [3.05, 3.63) is 76.8 Å². The maximum Gasteiger partial charge on any atom is 0.347 e. The minimum atomic E-state index is -0.470. The van der Waals surface area contributed by atoms with E-state index in [0.717, 1.165) is 17.0 Å². The zero-order chi connectivity index (χ0) is 18.4. The van der Waals surface area contributed by atoms with Gasteiger partial charge in [-0.15, -0.1) is 5.10 Å². The van der Waals surface area contributed by atoms with Crippen LogP contribution in [0.2, 0.25) is 0 Å². The number of benzene rings is 2. The number of fused-ring (bicyclic) bond motifs is 2. The van der Waals surface area contributed by atoms with Crippen molar-refractivity contribution in [3.8, 4) is 23.0 Å². The largest absolute Gasteiger partial charge is 0.400 e. The summed E-state index contributed by atoms with van der Waals surface area (Å²) in [6.45, 7) is 1.90. The third-order valence-electron chi connectivity index (χ3n) is 4.24. The Morgan fingerprint density at radius 3 is 2.56 bits per heavy atom.